The zero-order valence-corrected chi connectivity index (χ0v) is 11.1. The molecule has 4 heteroatoms. The second kappa shape index (κ2) is 7.71. The first kappa shape index (κ1) is 14.5. The minimum absolute atomic E-state index is 0.00366. The second-order valence-electron chi connectivity index (χ2n) is 4.30. The van der Waals surface area contributed by atoms with Gasteiger partial charge in [-0.1, -0.05) is 6.92 Å². The van der Waals surface area contributed by atoms with Crippen LogP contribution in [0.1, 0.15) is 33.1 Å². The van der Waals surface area contributed by atoms with Crippen LogP contribution in [0.5, 0.6) is 5.75 Å². The van der Waals surface area contributed by atoms with Crippen molar-refractivity contribution >= 4 is 11.6 Å². The zero-order valence-electron chi connectivity index (χ0n) is 11.1. The van der Waals surface area contributed by atoms with Gasteiger partial charge >= 0.3 is 0 Å². The van der Waals surface area contributed by atoms with Crippen molar-refractivity contribution < 1.29 is 9.53 Å². The number of amides is 1. The summed E-state index contributed by atoms with van der Waals surface area (Å²) < 4.78 is 5.66. The number of carbonyl (C=O) groups excluding carboxylic acids is 1. The standard InChI is InChI=1S/C14H22N2O2/c1-3-11(2)18-13-8-6-12(7-9-13)16-14(17)5-4-10-15/h6-9,11H,3-5,10,15H2,1-2H3,(H,16,17). The van der Waals surface area contributed by atoms with E-state index in [1.54, 1.807) is 0 Å². The van der Waals surface area contributed by atoms with Gasteiger partial charge in [-0.15, -0.1) is 0 Å². The molecular formula is C14H22N2O2. The van der Waals surface area contributed by atoms with Crippen molar-refractivity contribution in [3.05, 3.63) is 24.3 Å². The molecule has 0 aliphatic heterocycles. The van der Waals surface area contributed by atoms with Crippen molar-refractivity contribution in [1.29, 1.82) is 0 Å². The third kappa shape index (κ3) is 5.19. The third-order valence-corrected chi connectivity index (χ3v) is 2.66. The number of benzene rings is 1. The fraction of sp³-hybridized carbons (Fsp3) is 0.500. The van der Waals surface area contributed by atoms with E-state index in [1.165, 1.54) is 0 Å². The van der Waals surface area contributed by atoms with Crippen LogP contribution in [0.15, 0.2) is 24.3 Å². The van der Waals surface area contributed by atoms with Crippen molar-refractivity contribution in [2.75, 3.05) is 11.9 Å². The minimum atomic E-state index is -0.00366. The van der Waals surface area contributed by atoms with Crippen LogP contribution in [0.4, 0.5) is 5.69 Å². The quantitative estimate of drug-likeness (QED) is 0.781. The van der Waals surface area contributed by atoms with Crippen LogP contribution in [0.25, 0.3) is 0 Å². The Bertz CT molecular complexity index is 363. The summed E-state index contributed by atoms with van der Waals surface area (Å²) in [5, 5.41) is 2.82. The van der Waals surface area contributed by atoms with Crippen molar-refractivity contribution in [1.82, 2.24) is 0 Å². The van der Waals surface area contributed by atoms with Gasteiger partial charge in [-0.3, -0.25) is 4.79 Å². The summed E-state index contributed by atoms with van der Waals surface area (Å²) in [5.74, 6) is 0.820. The molecular weight excluding hydrogens is 228 g/mol. The van der Waals surface area contributed by atoms with Crippen LogP contribution < -0.4 is 15.8 Å². The number of ether oxygens (including phenoxy) is 1. The van der Waals surface area contributed by atoms with Crippen LogP contribution in [-0.4, -0.2) is 18.6 Å². The van der Waals surface area contributed by atoms with Crippen molar-refractivity contribution in [2.45, 2.75) is 39.2 Å². The first-order chi connectivity index (χ1) is 8.65. The minimum Gasteiger partial charge on any atom is -0.491 e. The number of anilines is 1. The maximum absolute atomic E-state index is 11.5. The van der Waals surface area contributed by atoms with Gasteiger partial charge in [0.1, 0.15) is 5.75 Å². The number of nitrogens with two attached hydrogens (primary N) is 1. The van der Waals surface area contributed by atoms with Crippen LogP contribution in [-0.2, 0) is 4.79 Å². The average Bonchev–Trinajstić information content (AvgIpc) is 2.38. The number of carbonyl (C=O) groups is 1. The van der Waals surface area contributed by atoms with Crippen molar-refractivity contribution in [3.8, 4) is 5.75 Å². The van der Waals surface area contributed by atoms with E-state index < -0.39 is 0 Å². The van der Waals surface area contributed by atoms with E-state index in [4.69, 9.17) is 10.5 Å². The molecule has 0 bridgehead atoms. The molecule has 4 nitrogen and oxygen atoms in total. The molecule has 0 aromatic heterocycles. The van der Waals surface area contributed by atoms with Gasteiger partial charge < -0.3 is 15.8 Å². The lowest BCUT2D eigenvalue weighted by Crippen LogP contribution is -2.13. The Hall–Kier alpha value is -1.55. The van der Waals surface area contributed by atoms with Gasteiger partial charge in [0.2, 0.25) is 5.91 Å². The van der Waals surface area contributed by atoms with Gasteiger partial charge in [0.05, 0.1) is 6.10 Å². The maximum atomic E-state index is 11.5. The Balaban J connectivity index is 2.47. The number of rotatable bonds is 7. The summed E-state index contributed by atoms with van der Waals surface area (Å²) in [4.78, 5) is 11.5. The molecule has 0 saturated heterocycles. The molecule has 0 radical (unpaired) electrons. The molecule has 0 aliphatic carbocycles. The Labute approximate surface area is 109 Å². The predicted octanol–water partition coefficient (Wildman–Crippen LogP) is 2.54. The van der Waals surface area contributed by atoms with Gasteiger partial charge in [-0.25, -0.2) is 0 Å². The van der Waals surface area contributed by atoms with Gasteiger partial charge in [-0.05, 0) is 50.6 Å². The summed E-state index contributed by atoms with van der Waals surface area (Å²) in [6.07, 6.45) is 2.34. The average molecular weight is 250 g/mol. The first-order valence-electron chi connectivity index (χ1n) is 6.42. The first-order valence-corrected chi connectivity index (χ1v) is 6.42. The fourth-order valence-electron chi connectivity index (χ4n) is 1.42. The van der Waals surface area contributed by atoms with E-state index in [0.717, 1.165) is 17.9 Å². The van der Waals surface area contributed by atoms with Gasteiger partial charge in [0.25, 0.3) is 0 Å². The molecule has 1 rings (SSSR count). The third-order valence-electron chi connectivity index (χ3n) is 2.66. The molecule has 18 heavy (non-hydrogen) atoms. The van der Waals surface area contributed by atoms with Crippen LogP contribution in [0.2, 0.25) is 0 Å². The Morgan fingerprint density at radius 3 is 2.61 bits per heavy atom. The summed E-state index contributed by atoms with van der Waals surface area (Å²) in [5.41, 5.74) is 6.14. The van der Waals surface area contributed by atoms with E-state index >= 15 is 0 Å². The topological polar surface area (TPSA) is 64.3 Å². The van der Waals surface area contributed by atoms with Crippen molar-refractivity contribution in [3.63, 3.8) is 0 Å². The molecule has 0 spiro atoms. The van der Waals surface area contributed by atoms with Crippen LogP contribution in [0.3, 0.4) is 0 Å². The van der Waals surface area contributed by atoms with Crippen LogP contribution >= 0.6 is 0 Å². The molecule has 1 amide bonds. The molecule has 0 heterocycles. The number of hydrogen-bond acceptors (Lipinski definition) is 3. The predicted molar refractivity (Wildman–Crippen MR) is 73.7 cm³/mol. The Morgan fingerprint density at radius 2 is 2.06 bits per heavy atom. The van der Waals surface area contributed by atoms with Gasteiger partial charge in [0.15, 0.2) is 0 Å². The zero-order chi connectivity index (χ0) is 13.4. The lowest BCUT2D eigenvalue weighted by atomic mass is 10.2. The largest absolute Gasteiger partial charge is 0.491 e. The monoisotopic (exact) mass is 250 g/mol. The van der Waals surface area contributed by atoms with Gasteiger partial charge in [0, 0.05) is 12.1 Å². The molecule has 1 aromatic rings. The number of nitrogens with one attached hydrogen (secondary N) is 1. The highest BCUT2D eigenvalue weighted by Gasteiger charge is 2.03. The van der Waals surface area contributed by atoms with Gasteiger partial charge in [-0.2, -0.15) is 0 Å². The Kier molecular flexibility index (Phi) is 6.22. The lowest BCUT2D eigenvalue weighted by Gasteiger charge is -2.13. The van der Waals surface area contributed by atoms with E-state index in [-0.39, 0.29) is 12.0 Å². The molecule has 0 aliphatic rings. The summed E-state index contributed by atoms with van der Waals surface area (Å²) >= 11 is 0. The smallest absolute Gasteiger partial charge is 0.224 e. The van der Waals surface area contributed by atoms with E-state index in [1.807, 2.05) is 31.2 Å². The van der Waals surface area contributed by atoms with Crippen LogP contribution in [0, 0.1) is 0 Å². The molecule has 1 aromatic carbocycles. The summed E-state index contributed by atoms with van der Waals surface area (Å²) in [6, 6.07) is 7.42. The normalized spacial score (nSPS) is 11.9. The molecule has 0 saturated carbocycles. The van der Waals surface area contributed by atoms with E-state index in [0.29, 0.717) is 19.4 Å². The molecule has 1 unspecified atom stereocenters. The molecule has 3 N–H and O–H groups in total. The van der Waals surface area contributed by atoms with E-state index in [2.05, 4.69) is 12.2 Å². The highest BCUT2D eigenvalue weighted by molar-refractivity contribution is 5.90. The highest BCUT2D eigenvalue weighted by Crippen LogP contribution is 2.17. The SMILES string of the molecule is CCC(C)Oc1ccc(NC(=O)CCCN)cc1. The number of hydrogen-bond donors (Lipinski definition) is 2. The molecule has 0 fully saturated rings. The summed E-state index contributed by atoms with van der Waals surface area (Å²) in [7, 11) is 0. The second-order valence-corrected chi connectivity index (χ2v) is 4.30. The summed E-state index contributed by atoms with van der Waals surface area (Å²) in [6.45, 7) is 4.65. The maximum Gasteiger partial charge on any atom is 0.224 e. The fourth-order valence-corrected chi connectivity index (χ4v) is 1.42. The highest BCUT2D eigenvalue weighted by atomic mass is 16.5. The Morgan fingerprint density at radius 1 is 1.39 bits per heavy atom. The molecule has 100 valence electrons. The lowest BCUT2D eigenvalue weighted by molar-refractivity contribution is -0.116. The van der Waals surface area contributed by atoms with E-state index in [9.17, 15) is 4.79 Å². The molecule has 1 atom stereocenters. The van der Waals surface area contributed by atoms with Crippen molar-refractivity contribution in [2.24, 2.45) is 5.73 Å².